The van der Waals surface area contributed by atoms with Crippen LogP contribution >= 0.6 is 15.9 Å². The Labute approximate surface area is 95.7 Å². The van der Waals surface area contributed by atoms with Gasteiger partial charge in [-0.05, 0) is 27.9 Å². The fourth-order valence-corrected chi connectivity index (χ4v) is 1.79. The smallest absolute Gasteiger partial charge is 0.306 e. The molecule has 0 saturated carbocycles. The van der Waals surface area contributed by atoms with Crippen LogP contribution < -0.4 is 5.56 Å². The number of hydrogen-bond donors (Lipinski definition) is 1. The van der Waals surface area contributed by atoms with Crippen molar-refractivity contribution in [3.8, 4) is 0 Å². The first-order chi connectivity index (χ1) is 6.91. The summed E-state index contributed by atoms with van der Waals surface area (Å²) < 4.78 is 2.21. The highest BCUT2D eigenvalue weighted by atomic mass is 79.9. The fourth-order valence-electron chi connectivity index (χ4n) is 1.21. The van der Waals surface area contributed by atoms with Gasteiger partial charge in [0.25, 0.3) is 5.56 Å². The van der Waals surface area contributed by atoms with E-state index in [2.05, 4.69) is 15.9 Å². The van der Waals surface area contributed by atoms with Gasteiger partial charge in [-0.25, -0.2) is 0 Å². The van der Waals surface area contributed by atoms with E-state index in [0.29, 0.717) is 6.42 Å². The van der Waals surface area contributed by atoms with Crippen molar-refractivity contribution in [1.29, 1.82) is 0 Å². The summed E-state index contributed by atoms with van der Waals surface area (Å²) in [6.07, 6.45) is 2.00. The molecule has 1 aromatic rings. The van der Waals surface area contributed by atoms with Crippen molar-refractivity contribution in [2.75, 3.05) is 0 Å². The van der Waals surface area contributed by atoms with Crippen LogP contribution in [-0.4, -0.2) is 15.6 Å². The lowest BCUT2D eigenvalue weighted by molar-refractivity contribution is -0.141. The van der Waals surface area contributed by atoms with Gasteiger partial charge in [0.15, 0.2) is 0 Å². The Morgan fingerprint density at radius 1 is 1.67 bits per heavy atom. The minimum atomic E-state index is -0.859. The van der Waals surface area contributed by atoms with E-state index < -0.39 is 11.9 Å². The maximum absolute atomic E-state index is 11.3. The first-order valence-corrected chi connectivity index (χ1v) is 5.29. The number of carboxylic acid groups (broad SMARTS) is 1. The van der Waals surface area contributed by atoms with E-state index in [-0.39, 0.29) is 5.56 Å². The molecule has 15 heavy (non-hydrogen) atoms. The van der Waals surface area contributed by atoms with E-state index in [1.807, 2.05) is 0 Å². The minimum absolute atomic E-state index is 0.134. The first kappa shape index (κ1) is 12.0. The summed E-state index contributed by atoms with van der Waals surface area (Å²) in [5, 5.41) is 8.76. The van der Waals surface area contributed by atoms with Crippen LogP contribution in [0.2, 0.25) is 0 Å². The van der Waals surface area contributed by atoms with Gasteiger partial charge in [0.05, 0.1) is 5.92 Å². The summed E-state index contributed by atoms with van der Waals surface area (Å²) >= 11 is 3.31. The van der Waals surface area contributed by atoms with Crippen LogP contribution in [0.4, 0.5) is 0 Å². The zero-order valence-corrected chi connectivity index (χ0v) is 10.1. The van der Waals surface area contributed by atoms with E-state index >= 15 is 0 Å². The third-order valence-corrected chi connectivity index (χ3v) is 2.92. The van der Waals surface area contributed by atoms with E-state index in [1.54, 1.807) is 20.2 Å². The lowest BCUT2D eigenvalue weighted by Crippen LogP contribution is -2.19. The number of carbonyl (C=O) groups is 1. The monoisotopic (exact) mass is 273 g/mol. The van der Waals surface area contributed by atoms with E-state index in [4.69, 9.17) is 5.11 Å². The second kappa shape index (κ2) is 4.61. The quantitative estimate of drug-likeness (QED) is 0.906. The number of nitrogens with zero attached hydrogens (tertiary/aromatic N) is 1. The summed E-state index contributed by atoms with van der Waals surface area (Å²) in [5.41, 5.74) is 0.596. The van der Waals surface area contributed by atoms with Gasteiger partial charge in [0.1, 0.15) is 0 Å². The zero-order valence-electron chi connectivity index (χ0n) is 8.53. The van der Waals surface area contributed by atoms with Crippen molar-refractivity contribution in [3.05, 3.63) is 32.7 Å². The number of halogens is 1. The van der Waals surface area contributed by atoms with Crippen LogP contribution in [0.15, 0.2) is 21.5 Å². The van der Waals surface area contributed by atoms with Gasteiger partial charge in [0, 0.05) is 23.8 Å². The molecule has 0 amide bonds. The maximum Gasteiger partial charge on any atom is 0.306 e. The van der Waals surface area contributed by atoms with Crippen LogP contribution in [0.1, 0.15) is 12.5 Å². The van der Waals surface area contributed by atoms with Crippen molar-refractivity contribution < 1.29 is 9.90 Å². The predicted octanol–water partition coefficient (Wildman–Crippen LogP) is 1.41. The standard InChI is InChI=1S/C10H12BrNO3/c1-6(10(14)15)3-7-4-9(13)12(2)5-8(7)11/h4-6H,3H2,1-2H3,(H,14,15). The molecule has 0 bridgehead atoms. The van der Waals surface area contributed by atoms with Crippen LogP contribution in [-0.2, 0) is 18.3 Å². The van der Waals surface area contributed by atoms with Crippen LogP contribution in [0.3, 0.4) is 0 Å². The van der Waals surface area contributed by atoms with Crippen molar-refractivity contribution in [2.45, 2.75) is 13.3 Å². The Morgan fingerprint density at radius 2 is 2.27 bits per heavy atom. The molecule has 1 heterocycles. The average Bonchev–Trinajstić information content (AvgIpc) is 2.13. The number of hydrogen-bond acceptors (Lipinski definition) is 2. The first-order valence-electron chi connectivity index (χ1n) is 4.49. The van der Waals surface area contributed by atoms with Gasteiger partial charge in [-0.3, -0.25) is 9.59 Å². The van der Waals surface area contributed by atoms with Crippen molar-refractivity contribution in [2.24, 2.45) is 13.0 Å². The molecule has 4 nitrogen and oxygen atoms in total. The highest BCUT2D eigenvalue weighted by molar-refractivity contribution is 9.10. The molecule has 5 heteroatoms. The topological polar surface area (TPSA) is 59.3 Å². The summed E-state index contributed by atoms with van der Waals surface area (Å²) in [7, 11) is 1.65. The summed E-state index contributed by atoms with van der Waals surface area (Å²) in [6, 6.07) is 1.46. The third kappa shape index (κ3) is 2.92. The molecule has 1 unspecified atom stereocenters. The molecule has 0 radical (unpaired) electrons. The highest BCUT2D eigenvalue weighted by Gasteiger charge is 2.14. The van der Waals surface area contributed by atoms with Crippen LogP contribution in [0.25, 0.3) is 0 Å². The van der Waals surface area contributed by atoms with Gasteiger partial charge in [0.2, 0.25) is 0 Å². The number of aromatic nitrogens is 1. The van der Waals surface area contributed by atoms with Crippen molar-refractivity contribution in [1.82, 2.24) is 4.57 Å². The lowest BCUT2D eigenvalue weighted by atomic mass is 10.0. The van der Waals surface area contributed by atoms with E-state index in [0.717, 1.165) is 10.0 Å². The predicted molar refractivity (Wildman–Crippen MR) is 59.9 cm³/mol. The summed E-state index contributed by atoms with van der Waals surface area (Å²) in [5.74, 6) is -1.35. The van der Waals surface area contributed by atoms with Gasteiger partial charge in [-0.2, -0.15) is 0 Å². The molecule has 1 rings (SSSR count). The molecule has 0 aliphatic rings. The van der Waals surface area contributed by atoms with Crippen LogP contribution in [0.5, 0.6) is 0 Å². The lowest BCUT2D eigenvalue weighted by Gasteiger charge is -2.08. The molecule has 0 fully saturated rings. The zero-order chi connectivity index (χ0) is 11.6. The normalized spacial score (nSPS) is 12.5. The van der Waals surface area contributed by atoms with Gasteiger partial charge in [-0.15, -0.1) is 0 Å². The second-order valence-corrected chi connectivity index (χ2v) is 4.39. The molecule has 0 spiro atoms. The summed E-state index contributed by atoms with van der Waals surface area (Å²) in [6.45, 7) is 1.62. The Kier molecular flexibility index (Phi) is 3.68. The molecule has 1 aromatic heterocycles. The van der Waals surface area contributed by atoms with E-state index in [9.17, 15) is 9.59 Å². The van der Waals surface area contributed by atoms with E-state index in [1.165, 1.54) is 10.6 Å². The highest BCUT2D eigenvalue weighted by Crippen LogP contribution is 2.17. The van der Waals surface area contributed by atoms with Crippen LogP contribution in [0, 0.1) is 5.92 Å². The molecule has 0 aromatic carbocycles. The molecular formula is C10H12BrNO3. The number of rotatable bonds is 3. The summed E-state index contributed by atoms with van der Waals surface area (Å²) in [4.78, 5) is 22.0. The Bertz CT molecular complexity index is 439. The molecular weight excluding hydrogens is 262 g/mol. The number of carboxylic acids is 1. The Balaban J connectivity index is 3.01. The van der Waals surface area contributed by atoms with Gasteiger partial charge in [-0.1, -0.05) is 6.92 Å². The number of aliphatic carboxylic acids is 1. The van der Waals surface area contributed by atoms with Crippen molar-refractivity contribution in [3.63, 3.8) is 0 Å². The SMILES string of the molecule is CC(Cc1cc(=O)n(C)cc1Br)C(=O)O. The Hall–Kier alpha value is -1.10. The molecule has 1 N–H and O–H groups in total. The van der Waals surface area contributed by atoms with Gasteiger partial charge < -0.3 is 9.67 Å². The second-order valence-electron chi connectivity index (χ2n) is 3.54. The van der Waals surface area contributed by atoms with Crippen molar-refractivity contribution >= 4 is 21.9 Å². The number of aryl methyl sites for hydroxylation is 1. The number of pyridine rings is 1. The molecule has 1 atom stereocenters. The largest absolute Gasteiger partial charge is 0.481 e. The average molecular weight is 274 g/mol. The maximum atomic E-state index is 11.3. The third-order valence-electron chi connectivity index (χ3n) is 2.21. The molecule has 0 aliphatic carbocycles. The fraction of sp³-hybridized carbons (Fsp3) is 0.400. The Morgan fingerprint density at radius 3 is 2.80 bits per heavy atom. The minimum Gasteiger partial charge on any atom is -0.481 e. The molecule has 0 saturated heterocycles. The van der Waals surface area contributed by atoms with Gasteiger partial charge >= 0.3 is 5.97 Å². The molecule has 0 aliphatic heterocycles. The molecule has 82 valence electrons.